The Morgan fingerprint density at radius 2 is 2.36 bits per heavy atom. The lowest BCUT2D eigenvalue weighted by atomic mass is 10.4. The van der Waals surface area contributed by atoms with E-state index in [-0.39, 0.29) is 16.0 Å². The van der Waals surface area contributed by atoms with E-state index >= 15 is 0 Å². The van der Waals surface area contributed by atoms with Gasteiger partial charge >= 0.3 is 0 Å². The molecule has 11 heavy (non-hydrogen) atoms. The Morgan fingerprint density at radius 3 is 2.82 bits per heavy atom. The van der Waals surface area contributed by atoms with Gasteiger partial charge < -0.3 is 10.5 Å². The molecule has 0 radical (unpaired) electrons. The van der Waals surface area contributed by atoms with Crippen molar-refractivity contribution < 1.29 is 9.13 Å². The van der Waals surface area contributed by atoms with Crippen LogP contribution < -0.4 is 10.5 Å². The summed E-state index contributed by atoms with van der Waals surface area (Å²) in [5.41, 5.74) is 5.30. The number of rotatable bonds is 1. The van der Waals surface area contributed by atoms with Crippen LogP contribution in [0.3, 0.4) is 0 Å². The van der Waals surface area contributed by atoms with Crippen molar-refractivity contribution in [3.63, 3.8) is 0 Å². The van der Waals surface area contributed by atoms with E-state index in [9.17, 15) is 4.39 Å². The van der Waals surface area contributed by atoms with Crippen LogP contribution in [0.4, 0.5) is 10.2 Å². The highest BCUT2D eigenvalue weighted by Gasteiger charge is 2.10. The van der Waals surface area contributed by atoms with Gasteiger partial charge in [0.05, 0.1) is 11.6 Å². The molecule has 0 saturated heterocycles. The largest absolute Gasteiger partial charge is 0.490 e. The van der Waals surface area contributed by atoms with E-state index in [4.69, 9.17) is 5.73 Å². The highest BCUT2D eigenvalue weighted by molar-refractivity contribution is 9.10. The zero-order chi connectivity index (χ0) is 8.43. The van der Waals surface area contributed by atoms with Gasteiger partial charge in [-0.05, 0) is 15.9 Å². The van der Waals surface area contributed by atoms with E-state index in [0.717, 1.165) is 0 Å². The zero-order valence-corrected chi connectivity index (χ0v) is 7.35. The molecule has 0 aliphatic carbocycles. The second kappa shape index (κ2) is 3.04. The van der Waals surface area contributed by atoms with Gasteiger partial charge in [0.15, 0.2) is 17.4 Å². The van der Waals surface area contributed by atoms with Crippen molar-refractivity contribution in [1.82, 2.24) is 4.98 Å². The van der Waals surface area contributed by atoms with Gasteiger partial charge in [-0.25, -0.2) is 9.37 Å². The molecular formula is C6H6BrFN2O. The van der Waals surface area contributed by atoms with E-state index < -0.39 is 5.82 Å². The van der Waals surface area contributed by atoms with Crippen molar-refractivity contribution in [1.29, 1.82) is 0 Å². The standard InChI is InChI=1S/C6H6BrFN2O/c1-11-5-4(8)3(7)2-10-6(5)9/h2H,1H3,(H2,9,10). The third kappa shape index (κ3) is 1.42. The summed E-state index contributed by atoms with van der Waals surface area (Å²) >= 11 is 2.95. The number of halogens is 2. The van der Waals surface area contributed by atoms with Crippen molar-refractivity contribution >= 4 is 21.7 Å². The normalized spacial score (nSPS) is 9.73. The van der Waals surface area contributed by atoms with Crippen LogP contribution in [0.2, 0.25) is 0 Å². The number of nitrogens with zero attached hydrogens (tertiary/aromatic N) is 1. The SMILES string of the molecule is COc1c(N)ncc(Br)c1F. The molecule has 0 unspecified atom stereocenters. The van der Waals surface area contributed by atoms with Crippen LogP contribution in [0.25, 0.3) is 0 Å². The second-order valence-electron chi connectivity index (χ2n) is 1.84. The first-order valence-electron chi connectivity index (χ1n) is 2.80. The number of ether oxygens (including phenoxy) is 1. The Kier molecular flexibility index (Phi) is 2.28. The minimum Gasteiger partial charge on any atom is -0.490 e. The third-order valence-electron chi connectivity index (χ3n) is 1.16. The maximum Gasteiger partial charge on any atom is 0.198 e. The summed E-state index contributed by atoms with van der Waals surface area (Å²) in [6.07, 6.45) is 1.28. The topological polar surface area (TPSA) is 48.1 Å². The summed E-state index contributed by atoms with van der Waals surface area (Å²) in [6, 6.07) is 0. The van der Waals surface area contributed by atoms with Gasteiger partial charge in [-0.2, -0.15) is 0 Å². The molecule has 0 spiro atoms. The van der Waals surface area contributed by atoms with E-state index in [1.807, 2.05) is 0 Å². The van der Waals surface area contributed by atoms with Crippen LogP contribution in [0.1, 0.15) is 0 Å². The Morgan fingerprint density at radius 1 is 1.73 bits per heavy atom. The molecule has 0 amide bonds. The van der Waals surface area contributed by atoms with Crippen molar-refractivity contribution in [3.8, 4) is 5.75 Å². The number of methoxy groups -OCH3 is 1. The summed E-state index contributed by atoms with van der Waals surface area (Å²) in [5, 5.41) is 0. The summed E-state index contributed by atoms with van der Waals surface area (Å²) in [4.78, 5) is 3.68. The molecule has 0 aromatic carbocycles. The van der Waals surface area contributed by atoms with Crippen LogP contribution in [-0.2, 0) is 0 Å². The summed E-state index contributed by atoms with van der Waals surface area (Å²) in [5.74, 6) is -0.507. The van der Waals surface area contributed by atoms with Crippen molar-refractivity contribution in [2.45, 2.75) is 0 Å². The highest BCUT2D eigenvalue weighted by atomic mass is 79.9. The van der Waals surface area contributed by atoms with E-state index in [1.54, 1.807) is 0 Å². The molecule has 5 heteroatoms. The number of nitrogen functional groups attached to an aromatic ring is 1. The number of nitrogens with two attached hydrogens (primary N) is 1. The van der Waals surface area contributed by atoms with Crippen LogP contribution in [0.15, 0.2) is 10.7 Å². The van der Waals surface area contributed by atoms with Crippen LogP contribution in [-0.4, -0.2) is 12.1 Å². The number of hydrogen-bond acceptors (Lipinski definition) is 3. The Bertz CT molecular complexity index is 280. The molecule has 1 rings (SSSR count). The molecule has 0 fully saturated rings. The minimum atomic E-state index is -0.528. The Hall–Kier alpha value is -0.840. The summed E-state index contributed by atoms with van der Waals surface area (Å²) < 4.78 is 17.9. The van der Waals surface area contributed by atoms with Crippen LogP contribution >= 0.6 is 15.9 Å². The maximum absolute atomic E-state index is 13.0. The van der Waals surface area contributed by atoms with Gasteiger partial charge in [0.2, 0.25) is 0 Å². The molecule has 1 aromatic heterocycles. The fourth-order valence-corrected chi connectivity index (χ4v) is 0.939. The number of aromatic nitrogens is 1. The van der Waals surface area contributed by atoms with Crippen molar-refractivity contribution in [3.05, 3.63) is 16.5 Å². The maximum atomic E-state index is 13.0. The van der Waals surface area contributed by atoms with Gasteiger partial charge in [0.25, 0.3) is 0 Å². The molecular weight excluding hydrogens is 215 g/mol. The molecule has 2 N–H and O–H groups in total. The van der Waals surface area contributed by atoms with Gasteiger partial charge in [-0.15, -0.1) is 0 Å². The molecule has 0 bridgehead atoms. The van der Waals surface area contributed by atoms with E-state index in [0.29, 0.717) is 0 Å². The van der Waals surface area contributed by atoms with Crippen molar-refractivity contribution in [2.24, 2.45) is 0 Å². The van der Waals surface area contributed by atoms with Gasteiger partial charge in [0.1, 0.15) is 0 Å². The average Bonchev–Trinajstić information content (AvgIpc) is 1.99. The lowest BCUT2D eigenvalue weighted by Crippen LogP contribution is -1.98. The number of anilines is 1. The quantitative estimate of drug-likeness (QED) is 0.782. The average molecular weight is 221 g/mol. The van der Waals surface area contributed by atoms with Gasteiger partial charge in [-0.3, -0.25) is 0 Å². The first-order chi connectivity index (χ1) is 5.16. The minimum absolute atomic E-state index is 0.0284. The fraction of sp³-hybridized carbons (Fsp3) is 0.167. The second-order valence-corrected chi connectivity index (χ2v) is 2.69. The zero-order valence-electron chi connectivity index (χ0n) is 5.77. The number of pyridine rings is 1. The molecule has 0 aliphatic heterocycles. The highest BCUT2D eigenvalue weighted by Crippen LogP contribution is 2.27. The first-order valence-corrected chi connectivity index (χ1v) is 3.59. The predicted octanol–water partition coefficient (Wildman–Crippen LogP) is 1.57. The van der Waals surface area contributed by atoms with Gasteiger partial charge in [-0.1, -0.05) is 0 Å². The van der Waals surface area contributed by atoms with Gasteiger partial charge in [0, 0.05) is 6.20 Å². The lowest BCUT2D eigenvalue weighted by molar-refractivity contribution is 0.385. The monoisotopic (exact) mass is 220 g/mol. The summed E-state index contributed by atoms with van der Waals surface area (Å²) in [7, 11) is 1.34. The molecule has 1 aromatic rings. The smallest absolute Gasteiger partial charge is 0.198 e. The molecule has 60 valence electrons. The lowest BCUT2D eigenvalue weighted by Gasteiger charge is -2.04. The van der Waals surface area contributed by atoms with Crippen LogP contribution in [0.5, 0.6) is 5.75 Å². The molecule has 0 saturated carbocycles. The van der Waals surface area contributed by atoms with E-state index in [1.165, 1.54) is 13.3 Å². The van der Waals surface area contributed by atoms with E-state index in [2.05, 4.69) is 25.7 Å². The third-order valence-corrected chi connectivity index (χ3v) is 1.72. The molecule has 1 heterocycles. The number of hydrogen-bond donors (Lipinski definition) is 1. The molecule has 0 atom stereocenters. The Balaban J connectivity index is 3.29. The van der Waals surface area contributed by atoms with Crippen molar-refractivity contribution in [2.75, 3.05) is 12.8 Å². The van der Waals surface area contributed by atoms with Crippen LogP contribution in [0, 0.1) is 5.82 Å². The molecule has 0 aliphatic rings. The first kappa shape index (κ1) is 8.26. The molecule has 3 nitrogen and oxygen atoms in total. The Labute approximate surface area is 71.5 Å². The predicted molar refractivity (Wildman–Crippen MR) is 42.9 cm³/mol. The summed E-state index contributed by atoms with van der Waals surface area (Å²) in [6.45, 7) is 0. The fourth-order valence-electron chi connectivity index (χ4n) is 0.657.